The summed E-state index contributed by atoms with van der Waals surface area (Å²) in [5.41, 5.74) is 5.03. The summed E-state index contributed by atoms with van der Waals surface area (Å²) in [4.78, 5) is 17.6. The van der Waals surface area contributed by atoms with Gasteiger partial charge in [0.25, 0.3) is 8.18 Å². The molecule has 124 valence electrons. The molecule has 1 aliphatic rings. The fraction of sp³-hybridized carbons (Fsp3) is 0.667. The SMILES string of the molecule is CN1C[C@@H](CO[PH](=O)N(C)C)O[C@@H](n2ccc(N)nc2=O)C1. The van der Waals surface area contributed by atoms with Gasteiger partial charge in [0, 0.05) is 19.3 Å². The minimum absolute atomic E-state index is 0.176. The van der Waals surface area contributed by atoms with Crippen molar-refractivity contribution in [3.63, 3.8) is 0 Å². The largest absolute Gasteiger partial charge is 0.383 e. The van der Waals surface area contributed by atoms with Gasteiger partial charge in [-0.2, -0.15) is 4.98 Å². The first-order valence-corrected chi connectivity index (χ1v) is 8.16. The van der Waals surface area contributed by atoms with Crippen LogP contribution in [-0.2, 0) is 13.8 Å². The molecule has 22 heavy (non-hydrogen) atoms. The summed E-state index contributed by atoms with van der Waals surface area (Å²) in [6.07, 6.45) is 0.812. The summed E-state index contributed by atoms with van der Waals surface area (Å²) in [5.74, 6) is 0.176. The van der Waals surface area contributed by atoms with E-state index < -0.39 is 20.1 Å². The van der Waals surface area contributed by atoms with Crippen LogP contribution in [0.1, 0.15) is 6.23 Å². The summed E-state index contributed by atoms with van der Waals surface area (Å²) >= 11 is 0. The second-order valence-electron chi connectivity index (χ2n) is 5.45. The van der Waals surface area contributed by atoms with Gasteiger partial charge in [0.05, 0.1) is 12.7 Å². The van der Waals surface area contributed by atoms with E-state index in [0.29, 0.717) is 13.1 Å². The lowest BCUT2D eigenvalue weighted by molar-refractivity contribution is -0.127. The summed E-state index contributed by atoms with van der Waals surface area (Å²) in [6.45, 7) is 1.38. The molecule has 2 N–H and O–H groups in total. The summed E-state index contributed by atoms with van der Waals surface area (Å²) in [5, 5.41) is 0. The number of nitrogen functional groups attached to an aromatic ring is 1. The van der Waals surface area contributed by atoms with Crippen LogP contribution in [0.5, 0.6) is 0 Å². The highest BCUT2D eigenvalue weighted by Crippen LogP contribution is 2.26. The maximum Gasteiger partial charge on any atom is 0.351 e. The van der Waals surface area contributed by atoms with Crippen molar-refractivity contribution >= 4 is 14.0 Å². The van der Waals surface area contributed by atoms with Gasteiger partial charge in [-0.05, 0) is 27.2 Å². The van der Waals surface area contributed by atoms with Gasteiger partial charge in [-0.1, -0.05) is 0 Å². The predicted molar refractivity (Wildman–Crippen MR) is 83.0 cm³/mol. The monoisotopic (exact) mass is 331 g/mol. The first-order valence-electron chi connectivity index (χ1n) is 6.89. The van der Waals surface area contributed by atoms with Gasteiger partial charge in [0.1, 0.15) is 5.82 Å². The maximum atomic E-state index is 11.9. The Balaban J connectivity index is 2.04. The highest BCUT2D eigenvalue weighted by atomic mass is 31.1. The molecule has 10 heteroatoms. The highest BCUT2D eigenvalue weighted by Gasteiger charge is 2.28. The van der Waals surface area contributed by atoms with Gasteiger partial charge >= 0.3 is 5.69 Å². The Morgan fingerprint density at radius 3 is 2.91 bits per heavy atom. The number of rotatable bonds is 5. The van der Waals surface area contributed by atoms with E-state index in [2.05, 4.69) is 4.98 Å². The molecule has 9 nitrogen and oxygen atoms in total. The normalized spacial score (nSPS) is 24.5. The molecule has 2 rings (SSSR count). The number of ether oxygens (including phenoxy) is 1. The molecule has 0 aromatic carbocycles. The van der Waals surface area contributed by atoms with Crippen molar-refractivity contribution in [2.24, 2.45) is 0 Å². The molecular formula is C12H22N5O4P. The first-order chi connectivity index (χ1) is 10.4. The van der Waals surface area contributed by atoms with Gasteiger partial charge in [-0.15, -0.1) is 0 Å². The minimum atomic E-state index is -2.23. The molecule has 0 radical (unpaired) electrons. The van der Waals surface area contributed by atoms with Gasteiger partial charge in [0.2, 0.25) is 0 Å². The minimum Gasteiger partial charge on any atom is -0.383 e. The van der Waals surface area contributed by atoms with Crippen LogP contribution in [-0.4, -0.2) is 66.1 Å². The van der Waals surface area contributed by atoms with Crippen molar-refractivity contribution in [1.29, 1.82) is 0 Å². The first kappa shape index (κ1) is 17.1. The van der Waals surface area contributed by atoms with Gasteiger partial charge in [-0.3, -0.25) is 14.0 Å². The number of likely N-dealkylation sites (N-methyl/N-ethyl adjacent to an activating group) is 1. The van der Waals surface area contributed by atoms with Crippen molar-refractivity contribution in [3.8, 4) is 0 Å². The molecule has 1 aromatic rings. The van der Waals surface area contributed by atoms with E-state index >= 15 is 0 Å². The molecule has 0 aliphatic carbocycles. The van der Waals surface area contributed by atoms with Crippen molar-refractivity contribution in [3.05, 3.63) is 22.7 Å². The third-order valence-electron chi connectivity index (χ3n) is 3.25. The number of nitrogens with zero attached hydrogens (tertiary/aromatic N) is 4. The number of hydrogen-bond donors (Lipinski definition) is 1. The van der Waals surface area contributed by atoms with Crippen LogP contribution in [0.2, 0.25) is 0 Å². The summed E-state index contributed by atoms with van der Waals surface area (Å²) in [7, 11) is 3.08. The van der Waals surface area contributed by atoms with Crippen LogP contribution in [0.25, 0.3) is 0 Å². The van der Waals surface area contributed by atoms with E-state index in [0.717, 1.165) is 0 Å². The van der Waals surface area contributed by atoms with Crippen LogP contribution in [0.4, 0.5) is 5.82 Å². The summed E-state index contributed by atoms with van der Waals surface area (Å²) < 4.78 is 25.8. The quantitative estimate of drug-likeness (QED) is 0.729. The molecule has 1 fully saturated rings. The van der Waals surface area contributed by atoms with E-state index in [-0.39, 0.29) is 18.5 Å². The lowest BCUT2D eigenvalue weighted by atomic mass is 10.3. The predicted octanol–water partition coefficient (Wildman–Crippen LogP) is -0.377. The van der Waals surface area contributed by atoms with E-state index in [1.165, 1.54) is 9.24 Å². The Hall–Kier alpha value is -1.25. The third kappa shape index (κ3) is 4.37. The van der Waals surface area contributed by atoms with E-state index in [9.17, 15) is 9.36 Å². The van der Waals surface area contributed by atoms with Crippen LogP contribution in [0.3, 0.4) is 0 Å². The molecule has 1 aromatic heterocycles. The van der Waals surface area contributed by atoms with Crippen molar-refractivity contribution in [2.45, 2.75) is 12.3 Å². The van der Waals surface area contributed by atoms with Gasteiger partial charge < -0.3 is 15.0 Å². The zero-order valence-corrected chi connectivity index (χ0v) is 13.9. The Labute approximate surface area is 129 Å². The Bertz CT molecular complexity index is 593. The van der Waals surface area contributed by atoms with Crippen molar-refractivity contribution in [2.75, 3.05) is 46.6 Å². The molecule has 2 heterocycles. The Kier molecular flexibility index (Phi) is 5.71. The molecule has 1 unspecified atom stereocenters. The fourth-order valence-electron chi connectivity index (χ4n) is 2.18. The molecule has 1 aliphatic heterocycles. The van der Waals surface area contributed by atoms with Crippen molar-refractivity contribution < 1.29 is 13.8 Å². The molecule has 0 saturated carbocycles. The van der Waals surface area contributed by atoms with E-state index in [4.69, 9.17) is 15.0 Å². The second-order valence-corrected chi connectivity index (χ2v) is 7.16. The number of aromatic nitrogens is 2. The van der Waals surface area contributed by atoms with Gasteiger partial charge in [-0.25, -0.2) is 9.46 Å². The smallest absolute Gasteiger partial charge is 0.351 e. The van der Waals surface area contributed by atoms with Crippen LogP contribution >= 0.6 is 8.18 Å². The standard InChI is InChI=1S/C12H22N5O4P/c1-15(2)22(19)20-8-9-6-16(3)7-11(21-9)17-5-4-10(13)14-12(17)18/h4-5,9,11,22H,6-8H2,1-3H3,(H2,13,14,18)/t9-,11+/m0/s1. The number of hydrogen-bond acceptors (Lipinski definition) is 7. The average molecular weight is 331 g/mol. The summed E-state index contributed by atoms with van der Waals surface area (Å²) in [6, 6.07) is 1.55. The zero-order chi connectivity index (χ0) is 16.3. The van der Waals surface area contributed by atoms with E-state index in [1.807, 2.05) is 11.9 Å². The topological polar surface area (TPSA) is 103 Å². The molecule has 0 bridgehead atoms. The molecule has 1 saturated heterocycles. The molecule has 3 atom stereocenters. The second kappa shape index (κ2) is 7.34. The number of morpholine rings is 1. The zero-order valence-electron chi connectivity index (χ0n) is 12.9. The highest BCUT2D eigenvalue weighted by molar-refractivity contribution is 7.36. The van der Waals surface area contributed by atoms with Crippen LogP contribution in [0, 0.1) is 0 Å². The molecule has 0 amide bonds. The third-order valence-corrected chi connectivity index (χ3v) is 4.40. The Morgan fingerprint density at radius 2 is 2.27 bits per heavy atom. The van der Waals surface area contributed by atoms with E-state index in [1.54, 1.807) is 26.4 Å². The number of anilines is 1. The number of nitrogens with two attached hydrogens (primary N) is 1. The average Bonchev–Trinajstić information content (AvgIpc) is 2.43. The van der Waals surface area contributed by atoms with Crippen LogP contribution in [0.15, 0.2) is 17.1 Å². The molecular weight excluding hydrogens is 309 g/mol. The Morgan fingerprint density at radius 1 is 1.55 bits per heavy atom. The fourth-order valence-corrected chi connectivity index (χ4v) is 2.77. The van der Waals surface area contributed by atoms with Crippen molar-refractivity contribution in [1.82, 2.24) is 19.1 Å². The molecule has 0 spiro atoms. The lowest BCUT2D eigenvalue weighted by Crippen LogP contribution is -2.47. The van der Waals surface area contributed by atoms with Crippen LogP contribution < -0.4 is 11.4 Å². The van der Waals surface area contributed by atoms with Gasteiger partial charge in [0.15, 0.2) is 6.23 Å². The lowest BCUT2D eigenvalue weighted by Gasteiger charge is -2.36. The maximum absolute atomic E-state index is 11.9.